The molecule has 0 aliphatic heterocycles. The molecule has 2 rings (SSSR count). The number of nitrogens with one attached hydrogen (secondary N) is 2. The molecule has 0 spiro atoms. The lowest BCUT2D eigenvalue weighted by atomic mass is 10.1. The zero-order chi connectivity index (χ0) is 23.9. The Hall–Kier alpha value is -3.24. The molecule has 0 saturated carbocycles. The highest BCUT2D eigenvalue weighted by Crippen LogP contribution is 2.33. The maximum atomic E-state index is 13.1. The molecule has 5 nitrogen and oxygen atoms in total. The second kappa shape index (κ2) is 10.4. The molecule has 0 aliphatic rings. The van der Waals surface area contributed by atoms with E-state index in [-0.39, 0.29) is 43.2 Å². The lowest BCUT2D eigenvalue weighted by molar-refractivity contribution is -0.138. The van der Waals surface area contributed by atoms with Crippen molar-refractivity contribution in [2.24, 2.45) is 0 Å². The smallest absolute Gasteiger partial charge is 0.356 e. The monoisotopic (exact) mass is 461 g/mol. The first kappa shape index (κ1) is 25.0. The van der Waals surface area contributed by atoms with Gasteiger partial charge in [-0.3, -0.25) is 9.69 Å². The van der Waals surface area contributed by atoms with Crippen molar-refractivity contribution in [3.05, 3.63) is 59.7 Å². The topological polar surface area (TPSA) is 61.4 Å². The van der Waals surface area contributed by atoms with Crippen molar-refractivity contribution in [1.82, 2.24) is 5.32 Å². The number of benzene rings is 2. The summed E-state index contributed by atoms with van der Waals surface area (Å²) in [6.07, 6.45) is -8.82. The summed E-state index contributed by atoms with van der Waals surface area (Å²) in [5.41, 5.74) is -2.22. The number of anilines is 2. The van der Waals surface area contributed by atoms with Crippen molar-refractivity contribution >= 4 is 23.3 Å². The Bertz CT molecular complexity index is 944. The molecule has 0 heterocycles. The van der Waals surface area contributed by atoms with Gasteiger partial charge in [-0.2, -0.15) is 26.3 Å². The molecule has 0 unspecified atom stereocenters. The number of nitrogens with zero attached hydrogens (tertiary/aromatic N) is 1. The molecule has 0 atom stereocenters. The van der Waals surface area contributed by atoms with Crippen molar-refractivity contribution in [2.45, 2.75) is 32.1 Å². The standard InChI is InChI=1S/C21H21F6N3O2/c1-2-18(31)28-10-5-11-30(17-9-4-7-15(13-17)21(25,26)27)19(32)29-16-8-3-6-14(12-16)20(22,23)24/h3-4,6-9,12-13H,2,5,10-11H2,1H3,(H,28,31)(H,29,32). The van der Waals surface area contributed by atoms with E-state index in [0.29, 0.717) is 0 Å². The van der Waals surface area contributed by atoms with Gasteiger partial charge in [0.2, 0.25) is 5.91 Å². The van der Waals surface area contributed by atoms with Crippen LogP contribution in [0.5, 0.6) is 0 Å². The third kappa shape index (κ3) is 7.17. The van der Waals surface area contributed by atoms with Crippen LogP contribution in [-0.2, 0) is 17.1 Å². The Balaban J connectivity index is 2.26. The summed E-state index contributed by atoms with van der Waals surface area (Å²) >= 11 is 0. The number of amides is 3. The molecule has 0 aromatic heterocycles. The maximum Gasteiger partial charge on any atom is 0.416 e. The highest BCUT2D eigenvalue weighted by atomic mass is 19.4. The van der Waals surface area contributed by atoms with Crippen molar-refractivity contribution < 1.29 is 35.9 Å². The molecular formula is C21H21F6N3O2. The van der Waals surface area contributed by atoms with Gasteiger partial charge in [-0.15, -0.1) is 0 Å². The quantitative estimate of drug-likeness (QED) is 0.412. The largest absolute Gasteiger partial charge is 0.416 e. The number of carbonyl (C=O) groups excluding carboxylic acids is 2. The molecule has 32 heavy (non-hydrogen) atoms. The fourth-order valence-corrected chi connectivity index (χ4v) is 2.75. The molecule has 0 bridgehead atoms. The van der Waals surface area contributed by atoms with Gasteiger partial charge in [0.25, 0.3) is 0 Å². The van der Waals surface area contributed by atoms with E-state index in [1.165, 1.54) is 12.1 Å². The maximum absolute atomic E-state index is 13.1. The number of rotatable bonds is 7. The minimum atomic E-state index is -4.64. The van der Waals surface area contributed by atoms with Crippen molar-refractivity contribution in [3.63, 3.8) is 0 Å². The number of urea groups is 1. The molecule has 2 aromatic rings. The van der Waals surface area contributed by atoms with E-state index >= 15 is 0 Å². The molecule has 0 radical (unpaired) electrons. The third-order valence-corrected chi connectivity index (χ3v) is 4.37. The molecule has 0 fully saturated rings. The number of carbonyl (C=O) groups is 2. The first-order valence-corrected chi connectivity index (χ1v) is 9.61. The Morgan fingerprint density at radius 2 is 1.50 bits per heavy atom. The summed E-state index contributed by atoms with van der Waals surface area (Å²) in [6.45, 7) is 1.72. The average Bonchev–Trinajstić information content (AvgIpc) is 2.72. The zero-order valence-electron chi connectivity index (χ0n) is 17.0. The molecule has 11 heteroatoms. The number of halogens is 6. The van der Waals surface area contributed by atoms with Gasteiger partial charge in [0.1, 0.15) is 0 Å². The summed E-state index contributed by atoms with van der Waals surface area (Å²) in [4.78, 5) is 25.1. The summed E-state index contributed by atoms with van der Waals surface area (Å²) in [6, 6.07) is 7.01. The molecule has 0 aliphatic carbocycles. The Kier molecular flexibility index (Phi) is 8.12. The predicted octanol–water partition coefficient (Wildman–Crippen LogP) is 5.68. The van der Waals surface area contributed by atoms with E-state index in [4.69, 9.17) is 0 Å². The first-order chi connectivity index (χ1) is 14.9. The van der Waals surface area contributed by atoms with E-state index in [0.717, 1.165) is 41.3 Å². The fraction of sp³-hybridized carbons (Fsp3) is 0.333. The van der Waals surface area contributed by atoms with Gasteiger partial charge in [-0.05, 0) is 42.8 Å². The van der Waals surface area contributed by atoms with Crippen LogP contribution in [0.3, 0.4) is 0 Å². The first-order valence-electron chi connectivity index (χ1n) is 9.61. The zero-order valence-corrected chi connectivity index (χ0v) is 17.0. The van der Waals surface area contributed by atoms with E-state index in [1.807, 2.05) is 0 Å². The van der Waals surface area contributed by atoms with Crippen molar-refractivity contribution in [3.8, 4) is 0 Å². The minimum absolute atomic E-state index is 0.0872. The Labute approximate surface area is 180 Å². The molecule has 0 saturated heterocycles. The Morgan fingerprint density at radius 3 is 2.09 bits per heavy atom. The van der Waals surface area contributed by atoms with Gasteiger partial charge in [-0.1, -0.05) is 19.1 Å². The van der Waals surface area contributed by atoms with Crippen LogP contribution in [0.1, 0.15) is 30.9 Å². The van der Waals surface area contributed by atoms with E-state index in [2.05, 4.69) is 10.6 Å². The van der Waals surface area contributed by atoms with Crippen molar-refractivity contribution in [1.29, 1.82) is 0 Å². The molecule has 2 N–H and O–H groups in total. The highest BCUT2D eigenvalue weighted by molar-refractivity contribution is 6.01. The molecule has 2 aromatic carbocycles. The minimum Gasteiger partial charge on any atom is -0.356 e. The number of hydrogen-bond acceptors (Lipinski definition) is 2. The van der Waals surface area contributed by atoms with Crippen LogP contribution >= 0.6 is 0 Å². The molecular weight excluding hydrogens is 440 g/mol. The van der Waals surface area contributed by atoms with Gasteiger partial charge in [0.05, 0.1) is 11.1 Å². The van der Waals surface area contributed by atoms with E-state index in [9.17, 15) is 35.9 Å². The summed E-state index contributed by atoms with van der Waals surface area (Å²) in [5.74, 6) is -0.232. The van der Waals surface area contributed by atoms with Gasteiger partial charge in [0, 0.05) is 30.9 Å². The van der Waals surface area contributed by atoms with Crippen LogP contribution in [-0.4, -0.2) is 25.0 Å². The SMILES string of the molecule is CCC(=O)NCCCN(C(=O)Nc1cccc(C(F)(F)F)c1)c1cccc(C(F)(F)F)c1. The van der Waals surface area contributed by atoms with E-state index < -0.39 is 29.5 Å². The fourth-order valence-electron chi connectivity index (χ4n) is 2.75. The van der Waals surface area contributed by atoms with Crippen LogP contribution in [0.15, 0.2) is 48.5 Å². The highest BCUT2D eigenvalue weighted by Gasteiger charge is 2.32. The lowest BCUT2D eigenvalue weighted by Crippen LogP contribution is -2.37. The normalized spacial score (nSPS) is 11.7. The van der Waals surface area contributed by atoms with Crippen LogP contribution < -0.4 is 15.5 Å². The average molecular weight is 461 g/mol. The predicted molar refractivity (Wildman–Crippen MR) is 107 cm³/mol. The number of hydrogen-bond donors (Lipinski definition) is 2. The van der Waals surface area contributed by atoms with Gasteiger partial charge >= 0.3 is 18.4 Å². The van der Waals surface area contributed by atoms with E-state index in [1.54, 1.807) is 6.92 Å². The van der Waals surface area contributed by atoms with Crippen LogP contribution in [0, 0.1) is 0 Å². The van der Waals surface area contributed by atoms with Crippen LogP contribution in [0.25, 0.3) is 0 Å². The van der Waals surface area contributed by atoms with Crippen LogP contribution in [0.4, 0.5) is 42.5 Å². The van der Waals surface area contributed by atoms with Gasteiger partial charge in [-0.25, -0.2) is 4.79 Å². The lowest BCUT2D eigenvalue weighted by Gasteiger charge is -2.24. The summed E-state index contributed by atoms with van der Waals surface area (Å²) < 4.78 is 78.1. The van der Waals surface area contributed by atoms with Crippen LogP contribution in [0.2, 0.25) is 0 Å². The van der Waals surface area contributed by atoms with Crippen molar-refractivity contribution in [2.75, 3.05) is 23.3 Å². The van der Waals surface area contributed by atoms with Gasteiger partial charge in [0.15, 0.2) is 0 Å². The molecule has 3 amide bonds. The third-order valence-electron chi connectivity index (χ3n) is 4.37. The summed E-state index contributed by atoms with van der Waals surface area (Å²) in [5, 5.41) is 4.88. The number of alkyl halides is 6. The second-order valence-corrected chi connectivity index (χ2v) is 6.77. The second-order valence-electron chi connectivity index (χ2n) is 6.77. The Morgan fingerprint density at radius 1 is 0.906 bits per heavy atom. The van der Waals surface area contributed by atoms with Gasteiger partial charge < -0.3 is 10.6 Å². The molecule has 174 valence electrons. The summed E-state index contributed by atoms with van der Waals surface area (Å²) in [7, 11) is 0.